The number of pyridine rings is 1. The van der Waals surface area contributed by atoms with E-state index in [1.54, 1.807) is 24.5 Å². The van der Waals surface area contributed by atoms with Crippen molar-refractivity contribution in [1.82, 2.24) is 20.3 Å². The van der Waals surface area contributed by atoms with Crippen LogP contribution in [0.2, 0.25) is 0 Å². The molecule has 1 fully saturated rings. The highest BCUT2D eigenvalue weighted by Gasteiger charge is 2.18. The smallest absolute Gasteiger partial charge is 0.123 e. The van der Waals surface area contributed by atoms with Gasteiger partial charge < -0.3 is 15.6 Å². The first-order chi connectivity index (χ1) is 19.5. The van der Waals surface area contributed by atoms with Crippen LogP contribution in [0.15, 0.2) is 97.6 Å². The molecule has 2 aromatic carbocycles. The highest BCUT2D eigenvalue weighted by Crippen LogP contribution is 2.31. The number of halogens is 1. The molecular weight excluding hydrogens is 497 g/mol. The molecule has 6 heteroatoms. The van der Waals surface area contributed by atoms with E-state index in [9.17, 15) is 4.39 Å². The van der Waals surface area contributed by atoms with E-state index in [1.807, 2.05) is 20.0 Å². The second-order valence-electron chi connectivity index (χ2n) is 10.3. The monoisotopic (exact) mass is 533 g/mol. The second kappa shape index (κ2) is 12.2. The Morgan fingerprint density at radius 2 is 1.90 bits per heavy atom. The minimum atomic E-state index is -0.267. The van der Waals surface area contributed by atoms with E-state index >= 15 is 0 Å². The van der Waals surface area contributed by atoms with Gasteiger partial charge in [0.1, 0.15) is 11.6 Å². The molecule has 0 bridgehead atoms. The van der Waals surface area contributed by atoms with E-state index in [2.05, 4.69) is 64.1 Å². The third kappa shape index (κ3) is 5.91. The van der Waals surface area contributed by atoms with Crippen molar-refractivity contribution in [2.45, 2.75) is 39.0 Å². The fourth-order valence-corrected chi connectivity index (χ4v) is 5.46. The van der Waals surface area contributed by atoms with Crippen LogP contribution in [-0.4, -0.2) is 22.0 Å². The number of anilines is 1. The van der Waals surface area contributed by atoms with E-state index in [-0.39, 0.29) is 5.82 Å². The van der Waals surface area contributed by atoms with Gasteiger partial charge >= 0.3 is 0 Å². The number of fused-ring (bicyclic) bond motifs is 1. The van der Waals surface area contributed by atoms with Gasteiger partial charge in [0, 0.05) is 42.3 Å². The number of hydrogen-bond donors (Lipinski definition) is 3. The number of hydrogen-bond acceptors (Lipinski definition) is 4. The highest BCUT2D eigenvalue weighted by molar-refractivity contribution is 5.91. The van der Waals surface area contributed by atoms with E-state index < -0.39 is 0 Å². The molecule has 0 radical (unpaired) electrons. The van der Waals surface area contributed by atoms with Crippen molar-refractivity contribution in [1.29, 1.82) is 0 Å². The maximum Gasteiger partial charge on any atom is 0.123 e. The molecule has 2 heterocycles. The van der Waals surface area contributed by atoms with Crippen molar-refractivity contribution in [3.8, 4) is 11.1 Å². The predicted molar refractivity (Wildman–Crippen MR) is 164 cm³/mol. The fourth-order valence-electron chi connectivity index (χ4n) is 5.46. The highest BCUT2D eigenvalue weighted by atomic mass is 19.1. The van der Waals surface area contributed by atoms with Gasteiger partial charge in [-0.1, -0.05) is 50.3 Å². The molecule has 1 aliphatic carbocycles. The van der Waals surface area contributed by atoms with Crippen LogP contribution in [0, 0.1) is 11.7 Å². The summed E-state index contributed by atoms with van der Waals surface area (Å²) in [7, 11) is 1.93. The van der Waals surface area contributed by atoms with Crippen LogP contribution in [0.5, 0.6) is 0 Å². The Morgan fingerprint density at radius 1 is 1.12 bits per heavy atom. The first-order valence-corrected chi connectivity index (χ1v) is 13.8. The van der Waals surface area contributed by atoms with Crippen LogP contribution in [0.3, 0.4) is 0 Å². The van der Waals surface area contributed by atoms with E-state index in [0.717, 1.165) is 61.8 Å². The Morgan fingerprint density at radius 3 is 2.60 bits per heavy atom. The molecule has 0 unspecified atom stereocenters. The summed E-state index contributed by atoms with van der Waals surface area (Å²) in [5.74, 6) is 1.09. The third-order valence-electron chi connectivity index (χ3n) is 7.66. The zero-order valence-electron chi connectivity index (χ0n) is 23.2. The number of benzene rings is 2. The Labute approximate surface area is 235 Å². The van der Waals surface area contributed by atoms with Crippen molar-refractivity contribution in [3.63, 3.8) is 0 Å². The van der Waals surface area contributed by atoms with Crippen LogP contribution in [-0.2, 0) is 6.42 Å². The summed E-state index contributed by atoms with van der Waals surface area (Å²) in [6.07, 6.45) is 15.2. The molecule has 5 nitrogen and oxygen atoms in total. The van der Waals surface area contributed by atoms with Gasteiger partial charge in [0.05, 0.1) is 17.2 Å². The third-order valence-corrected chi connectivity index (χ3v) is 7.66. The topological polar surface area (TPSA) is 65.6 Å². The number of nitrogens with one attached hydrogen (secondary N) is 3. The summed E-state index contributed by atoms with van der Waals surface area (Å²) in [6.45, 7) is 10.4. The van der Waals surface area contributed by atoms with E-state index in [0.29, 0.717) is 12.3 Å². The van der Waals surface area contributed by atoms with Gasteiger partial charge in [0.25, 0.3) is 0 Å². The fraction of sp³-hybridized carbons (Fsp3) is 0.235. The first kappa shape index (κ1) is 27.1. The van der Waals surface area contributed by atoms with E-state index in [1.165, 1.54) is 37.8 Å². The standard InChI is InChI=1S/C34H36FN5/c1-5-23(18-29(6-2)38-22(3)24-9-7-8-10-24)26-13-16-31(36-4)27(17-26)19-33-39-32-21-37-20-30(34(32)40-33)25-11-14-28(35)15-12-25/h5-6,11-18,20-21,24,36,38H,2-3,7-10,19H2,1,4H3,(H,39,40)/b23-5+,29-18+. The second-order valence-corrected chi connectivity index (χ2v) is 10.3. The van der Waals surface area contributed by atoms with Gasteiger partial charge in [-0.15, -0.1) is 0 Å². The Bertz CT molecular complexity index is 1590. The zero-order valence-corrected chi connectivity index (χ0v) is 23.2. The molecular formula is C34H36FN5. The summed E-state index contributed by atoms with van der Waals surface area (Å²) in [5, 5.41) is 6.83. The summed E-state index contributed by atoms with van der Waals surface area (Å²) in [6, 6.07) is 12.9. The van der Waals surface area contributed by atoms with Crippen molar-refractivity contribution >= 4 is 22.3 Å². The SMILES string of the molecule is C=C/C(=C\C(=C/C)c1ccc(NC)c(Cc2nc3c(-c4ccc(F)cc4)cncc3[nH]2)c1)NC(=C)C1CCCC1. The summed E-state index contributed by atoms with van der Waals surface area (Å²) >= 11 is 0. The van der Waals surface area contributed by atoms with Gasteiger partial charge in [0.2, 0.25) is 0 Å². The van der Waals surface area contributed by atoms with Crippen molar-refractivity contribution < 1.29 is 4.39 Å². The van der Waals surface area contributed by atoms with Crippen molar-refractivity contribution in [3.05, 3.63) is 120 Å². The van der Waals surface area contributed by atoms with Gasteiger partial charge in [-0.05, 0) is 84.4 Å². The molecule has 5 rings (SSSR count). The lowest BCUT2D eigenvalue weighted by Gasteiger charge is -2.17. The van der Waals surface area contributed by atoms with Crippen LogP contribution < -0.4 is 10.6 Å². The Balaban J connectivity index is 1.43. The molecule has 0 aliphatic heterocycles. The molecule has 2 aromatic heterocycles. The van der Waals surface area contributed by atoms with Crippen LogP contribution in [0.1, 0.15) is 49.6 Å². The molecule has 1 aliphatic rings. The molecule has 4 aromatic rings. The summed E-state index contributed by atoms with van der Waals surface area (Å²) in [4.78, 5) is 12.8. The summed E-state index contributed by atoms with van der Waals surface area (Å²) < 4.78 is 13.5. The first-order valence-electron chi connectivity index (χ1n) is 13.8. The Kier molecular flexibility index (Phi) is 8.25. The number of aromatic nitrogens is 3. The average molecular weight is 534 g/mol. The minimum Gasteiger partial charge on any atom is -0.388 e. The molecule has 40 heavy (non-hydrogen) atoms. The quantitative estimate of drug-likeness (QED) is 0.180. The molecule has 204 valence electrons. The number of rotatable bonds is 10. The number of allylic oxidation sites excluding steroid dienone is 5. The molecule has 0 spiro atoms. The zero-order chi connectivity index (χ0) is 28.1. The Hall–Kier alpha value is -4.45. The molecule has 0 amide bonds. The maximum absolute atomic E-state index is 13.5. The van der Waals surface area contributed by atoms with Crippen LogP contribution in [0.4, 0.5) is 10.1 Å². The number of H-pyrrole nitrogens is 1. The van der Waals surface area contributed by atoms with Crippen LogP contribution >= 0.6 is 0 Å². The van der Waals surface area contributed by atoms with Crippen LogP contribution in [0.25, 0.3) is 27.7 Å². The predicted octanol–water partition coefficient (Wildman–Crippen LogP) is 8.16. The van der Waals surface area contributed by atoms with E-state index in [4.69, 9.17) is 4.98 Å². The molecule has 0 saturated heterocycles. The number of nitrogens with zero attached hydrogens (tertiary/aromatic N) is 2. The lowest BCUT2D eigenvalue weighted by molar-refractivity contribution is 0.607. The van der Waals surface area contributed by atoms with Crippen molar-refractivity contribution in [2.75, 3.05) is 12.4 Å². The molecule has 1 saturated carbocycles. The lowest BCUT2D eigenvalue weighted by atomic mass is 9.98. The molecule has 3 N–H and O–H groups in total. The number of aromatic amines is 1. The normalized spacial score (nSPS) is 14.5. The average Bonchev–Trinajstić information content (AvgIpc) is 3.66. The molecule has 0 atom stereocenters. The van der Waals surface area contributed by atoms with Gasteiger partial charge in [0.15, 0.2) is 0 Å². The minimum absolute atomic E-state index is 0.267. The van der Waals surface area contributed by atoms with Gasteiger partial charge in [-0.3, -0.25) is 4.98 Å². The largest absolute Gasteiger partial charge is 0.388 e. The lowest BCUT2D eigenvalue weighted by Crippen LogP contribution is -2.16. The maximum atomic E-state index is 13.5. The van der Waals surface area contributed by atoms with Gasteiger partial charge in [-0.2, -0.15) is 0 Å². The number of imidazole rings is 1. The van der Waals surface area contributed by atoms with Crippen molar-refractivity contribution in [2.24, 2.45) is 5.92 Å². The summed E-state index contributed by atoms with van der Waals surface area (Å²) in [5.41, 5.74) is 9.79. The van der Waals surface area contributed by atoms with Gasteiger partial charge in [-0.25, -0.2) is 9.37 Å².